The van der Waals surface area contributed by atoms with Gasteiger partial charge in [-0.1, -0.05) is 19.1 Å². The minimum Gasteiger partial charge on any atom is -0.421 e. The number of benzene rings is 1. The summed E-state index contributed by atoms with van der Waals surface area (Å²) >= 11 is 0. The molecular weight excluding hydrogens is 228 g/mol. The molecule has 0 fully saturated rings. The molecule has 92 valence electrons. The van der Waals surface area contributed by atoms with Gasteiger partial charge in [0.05, 0.1) is 11.8 Å². The summed E-state index contributed by atoms with van der Waals surface area (Å²) in [6.07, 6.45) is 2.71. The standard InChI is InChI=1S/C14H14N2O2/c1-3-9(2)16-8-15-12-13(16)10-6-4-5-7-11(10)18-14(12)17/h4-9H,3H2,1-2H3/t9-/m1/s1. The van der Waals surface area contributed by atoms with Crippen LogP contribution in [0.4, 0.5) is 0 Å². The van der Waals surface area contributed by atoms with E-state index in [9.17, 15) is 4.79 Å². The van der Waals surface area contributed by atoms with Gasteiger partial charge in [0, 0.05) is 11.4 Å². The fourth-order valence-electron chi connectivity index (χ4n) is 2.21. The number of nitrogens with zero attached hydrogens (tertiary/aromatic N) is 2. The van der Waals surface area contributed by atoms with Crippen LogP contribution in [0, 0.1) is 0 Å². The molecular formula is C14H14N2O2. The normalized spacial score (nSPS) is 13.2. The van der Waals surface area contributed by atoms with Crippen molar-refractivity contribution in [1.29, 1.82) is 0 Å². The zero-order chi connectivity index (χ0) is 12.7. The van der Waals surface area contributed by atoms with Crippen molar-refractivity contribution < 1.29 is 4.42 Å². The monoisotopic (exact) mass is 242 g/mol. The smallest absolute Gasteiger partial charge is 0.364 e. The molecule has 0 aliphatic rings. The van der Waals surface area contributed by atoms with E-state index in [4.69, 9.17) is 4.42 Å². The fraction of sp³-hybridized carbons (Fsp3) is 0.286. The van der Waals surface area contributed by atoms with Crippen LogP contribution in [0.3, 0.4) is 0 Å². The molecule has 3 rings (SSSR count). The molecule has 1 aromatic carbocycles. The molecule has 3 aromatic rings. The molecule has 0 N–H and O–H groups in total. The Morgan fingerprint density at radius 1 is 1.39 bits per heavy atom. The molecule has 4 nitrogen and oxygen atoms in total. The van der Waals surface area contributed by atoms with Crippen molar-refractivity contribution in [1.82, 2.24) is 9.55 Å². The Balaban J connectivity index is 2.51. The third-order valence-corrected chi connectivity index (χ3v) is 3.40. The highest BCUT2D eigenvalue weighted by molar-refractivity contribution is 6.00. The van der Waals surface area contributed by atoms with Gasteiger partial charge in [-0.05, 0) is 25.5 Å². The van der Waals surface area contributed by atoms with Crippen molar-refractivity contribution >= 4 is 22.0 Å². The largest absolute Gasteiger partial charge is 0.421 e. The number of hydrogen-bond donors (Lipinski definition) is 0. The molecule has 1 atom stereocenters. The second-order valence-corrected chi connectivity index (χ2v) is 4.49. The van der Waals surface area contributed by atoms with E-state index in [2.05, 4.69) is 23.4 Å². The Hall–Kier alpha value is -2.10. The van der Waals surface area contributed by atoms with Gasteiger partial charge in [0.1, 0.15) is 5.58 Å². The van der Waals surface area contributed by atoms with Crippen molar-refractivity contribution in [2.75, 3.05) is 0 Å². The second kappa shape index (κ2) is 3.98. The Labute approximate surface area is 104 Å². The number of aromatic nitrogens is 2. The predicted octanol–water partition coefficient (Wildman–Crippen LogP) is 3.11. The van der Waals surface area contributed by atoms with Crippen LogP contribution in [0.25, 0.3) is 22.0 Å². The Morgan fingerprint density at radius 3 is 2.94 bits per heavy atom. The molecule has 2 aromatic heterocycles. The number of imidazole rings is 1. The summed E-state index contributed by atoms with van der Waals surface area (Å²) in [6, 6.07) is 7.88. The summed E-state index contributed by atoms with van der Waals surface area (Å²) in [7, 11) is 0. The lowest BCUT2D eigenvalue weighted by atomic mass is 10.2. The van der Waals surface area contributed by atoms with Crippen molar-refractivity contribution in [2.45, 2.75) is 26.3 Å². The molecule has 0 amide bonds. The van der Waals surface area contributed by atoms with Crippen LogP contribution in [0.2, 0.25) is 0 Å². The van der Waals surface area contributed by atoms with Gasteiger partial charge in [-0.3, -0.25) is 0 Å². The van der Waals surface area contributed by atoms with E-state index in [0.717, 1.165) is 17.3 Å². The van der Waals surface area contributed by atoms with E-state index >= 15 is 0 Å². The maximum Gasteiger partial charge on any atom is 0.364 e. The van der Waals surface area contributed by atoms with Crippen molar-refractivity contribution in [3.63, 3.8) is 0 Å². The van der Waals surface area contributed by atoms with Gasteiger partial charge in [-0.25, -0.2) is 9.78 Å². The van der Waals surface area contributed by atoms with E-state index in [1.165, 1.54) is 0 Å². The molecule has 2 heterocycles. The number of rotatable bonds is 2. The van der Waals surface area contributed by atoms with Crippen LogP contribution in [0.5, 0.6) is 0 Å². The van der Waals surface area contributed by atoms with Gasteiger partial charge in [-0.2, -0.15) is 0 Å². The highest BCUT2D eigenvalue weighted by Gasteiger charge is 2.15. The maximum atomic E-state index is 11.9. The van der Waals surface area contributed by atoms with Crippen LogP contribution in [-0.4, -0.2) is 9.55 Å². The Bertz CT molecular complexity index is 770. The molecule has 0 bridgehead atoms. The minimum atomic E-state index is -0.370. The lowest BCUT2D eigenvalue weighted by molar-refractivity contribution is 0.543. The maximum absolute atomic E-state index is 11.9. The molecule has 0 aliphatic heterocycles. The quantitative estimate of drug-likeness (QED) is 0.649. The predicted molar refractivity (Wildman–Crippen MR) is 70.8 cm³/mol. The summed E-state index contributed by atoms with van der Waals surface area (Å²) < 4.78 is 7.32. The van der Waals surface area contributed by atoms with E-state index in [-0.39, 0.29) is 5.63 Å². The average molecular weight is 242 g/mol. The molecule has 0 radical (unpaired) electrons. The first-order valence-corrected chi connectivity index (χ1v) is 6.10. The molecule has 4 heteroatoms. The average Bonchev–Trinajstić information content (AvgIpc) is 2.83. The summed E-state index contributed by atoms with van der Waals surface area (Å²) in [5, 5.41) is 0.935. The molecule has 0 spiro atoms. The lowest BCUT2D eigenvalue weighted by Crippen LogP contribution is -2.05. The topological polar surface area (TPSA) is 48.0 Å². The molecule has 0 saturated carbocycles. The first-order valence-electron chi connectivity index (χ1n) is 6.10. The summed E-state index contributed by atoms with van der Waals surface area (Å²) in [4.78, 5) is 16.1. The lowest BCUT2D eigenvalue weighted by Gasteiger charge is -2.12. The molecule has 0 aliphatic carbocycles. The number of hydrogen-bond acceptors (Lipinski definition) is 3. The first-order chi connectivity index (χ1) is 8.72. The molecule has 0 unspecified atom stereocenters. The summed E-state index contributed by atoms with van der Waals surface area (Å²) in [5.41, 5.74) is 1.52. The number of para-hydroxylation sites is 1. The minimum absolute atomic E-state index is 0.306. The zero-order valence-corrected chi connectivity index (χ0v) is 10.4. The van der Waals surface area contributed by atoms with E-state index in [0.29, 0.717) is 17.1 Å². The first kappa shape index (κ1) is 11.0. The third-order valence-electron chi connectivity index (χ3n) is 3.40. The highest BCUT2D eigenvalue weighted by atomic mass is 16.4. The SMILES string of the molecule is CC[C@@H](C)n1cnc2c(=O)oc3ccccc3c21. The van der Waals surface area contributed by atoms with Gasteiger partial charge < -0.3 is 8.98 Å². The Morgan fingerprint density at radius 2 is 2.17 bits per heavy atom. The van der Waals surface area contributed by atoms with E-state index in [1.54, 1.807) is 6.33 Å². The molecule has 18 heavy (non-hydrogen) atoms. The zero-order valence-electron chi connectivity index (χ0n) is 10.4. The molecule has 0 saturated heterocycles. The highest BCUT2D eigenvalue weighted by Crippen LogP contribution is 2.25. The van der Waals surface area contributed by atoms with Gasteiger partial charge in [0.2, 0.25) is 0 Å². The van der Waals surface area contributed by atoms with Gasteiger partial charge in [0.25, 0.3) is 0 Å². The second-order valence-electron chi connectivity index (χ2n) is 4.49. The van der Waals surface area contributed by atoms with Crippen LogP contribution in [0.15, 0.2) is 39.8 Å². The van der Waals surface area contributed by atoms with Crippen molar-refractivity contribution in [3.05, 3.63) is 41.0 Å². The van der Waals surface area contributed by atoms with Gasteiger partial charge in [0.15, 0.2) is 5.52 Å². The van der Waals surface area contributed by atoms with E-state index in [1.807, 2.05) is 24.3 Å². The Kier molecular flexibility index (Phi) is 2.44. The summed E-state index contributed by atoms with van der Waals surface area (Å²) in [5.74, 6) is 0. The summed E-state index contributed by atoms with van der Waals surface area (Å²) in [6.45, 7) is 4.23. The number of fused-ring (bicyclic) bond motifs is 3. The van der Waals surface area contributed by atoms with E-state index < -0.39 is 0 Å². The third kappa shape index (κ3) is 1.45. The van der Waals surface area contributed by atoms with Crippen LogP contribution < -0.4 is 5.63 Å². The fourth-order valence-corrected chi connectivity index (χ4v) is 2.21. The van der Waals surface area contributed by atoms with Crippen molar-refractivity contribution in [2.24, 2.45) is 0 Å². The van der Waals surface area contributed by atoms with Crippen LogP contribution in [0.1, 0.15) is 26.3 Å². The van der Waals surface area contributed by atoms with Crippen LogP contribution in [-0.2, 0) is 0 Å². The van der Waals surface area contributed by atoms with Gasteiger partial charge in [-0.15, -0.1) is 0 Å². The van der Waals surface area contributed by atoms with Crippen LogP contribution >= 0.6 is 0 Å². The van der Waals surface area contributed by atoms with Gasteiger partial charge >= 0.3 is 5.63 Å². The van der Waals surface area contributed by atoms with Crippen molar-refractivity contribution in [3.8, 4) is 0 Å².